The van der Waals surface area contributed by atoms with E-state index >= 15 is 0 Å². The predicted molar refractivity (Wildman–Crippen MR) is 104 cm³/mol. The Morgan fingerprint density at radius 1 is 1.14 bits per heavy atom. The van der Waals surface area contributed by atoms with E-state index in [1.807, 2.05) is 24.3 Å². The number of phenols is 1. The largest absolute Gasteiger partial charge is 0.508 e. The van der Waals surface area contributed by atoms with Crippen molar-refractivity contribution in [3.8, 4) is 5.75 Å². The molecule has 8 nitrogen and oxygen atoms in total. The van der Waals surface area contributed by atoms with E-state index in [1.54, 1.807) is 24.8 Å². The Balaban J connectivity index is 1.69. The number of benzene rings is 2. The lowest BCUT2D eigenvalue weighted by Gasteiger charge is -2.23. The van der Waals surface area contributed by atoms with Crippen LogP contribution in [0.15, 0.2) is 46.9 Å². The molecule has 0 unspecified atom stereocenters. The van der Waals surface area contributed by atoms with Crippen molar-refractivity contribution in [3.05, 3.63) is 70.9 Å². The predicted octanol–water partition coefficient (Wildman–Crippen LogP) is 2.58. The highest BCUT2D eigenvalue weighted by Gasteiger charge is 2.31. The highest BCUT2D eigenvalue weighted by molar-refractivity contribution is 6.10. The highest BCUT2D eigenvalue weighted by Crippen LogP contribution is 2.28. The normalized spacial score (nSPS) is 13.9. The van der Waals surface area contributed by atoms with Gasteiger partial charge in [-0.2, -0.15) is 0 Å². The second-order valence-electron chi connectivity index (χ2n) is 6.98. The second-order valence-corrected chi connectivity index (χ2v) is 6.98. The monoisotopic (exact) mass is 392 g/mol. The molecule has 2 heterocycles. The minimum atomic E-state index is -0.293. The standard InChI is InChI=1S/C21H20N4O4/c1-13-9-16(26)7-8-17(13)21(28)25-12-20(27)24(11-19-23-22-14(2)29-19)10-15-5-3-4-6-18(15)25/h3-9,26H,10-12H2,1-2H3. The number of aromatic nitrogens is 2. The maximum Gasteiger partial charge on any atom is 0.259 e. The second kappa shape index (κ2) is 7.38. The first-order valence-electron chi connectivity index (χ1n) is 9.18. The van der Waals surface area contributed by atoms with Crippen molar-refractivity contribution >= 4 is 17.5 Å². The molecule has 29 heavy (non-hydrogen) atoms. The van der Waals surface area contributed by atoms with Crippen LogP contribution in [-0.2, 0) is 17.9 Å². The average Bonchev–Trinajstić information content (AvgIpc) is 3.04. The van der Waals surface area contributed by atoms with E-state index in [9.17, 15) is 14.7 Å². The molecule has 2 aromatic carbocycles. The van der Waals surface area contributed by atoms with Gasteiger partial charge in [0, 0.05) is 24.7 Å². The summed E-state index contributed by atoms with van der Waals surface area (Å²) in [5.41, 5.74) is 2.61. The number of rotatable bonds is 3. The van der Waals surface area contributed by atoms with Crippen LogP contribution in [0, 0.1) is 13.8 Å². The van der Waals surface area contributed by atoms with Crippen LogP contribution in [-0.4, -0.2) is 38.6 Å². The molecule has 0 saturated heterocycles. The minimum absolute atomic E-state index is 0.0902. The van der Waals surface area contributed by atoms with Crippen molar-refractivity contribution < 1.29 is 19.1 Å². The van der Waals surface area contributed by atoms with Crippen LogP contribution >= 0.6 is 0 Å². The Hall–Kier alpha value is -3.68. The molecule has 0 spiro atoms. The van der Waals surface area contributed by atoms with E-state index in [-0.39, 0.29) is 30.7 Å². The highest BCUT2D eigenvalue weighted by atomic mass is 16.4. The summed E-state index contributed by atoms with van der Waals surface area (Å²) in [5.74, 6) is 0.359. The summed E-state index contributed by atoms with van der Waals surface area (Å²) in [4.78, 5) is 29.4. The third-order valence-electron chi connectivity index (χ3n) is 4.87. The number of para-hydroxylation sites is 1. The van der Waals surface area contributed by atoms with E-state index in [0.29, 0.717) is 35.1 Å². The Morgan fingerprint density at radius 2 is 1.93 bits per heavy atom. The van der Waals surface area contributed by atoms with Gasteiger partial charge in [-0.25, -0.2) is 0 Å². The van der Waals surface area contributed by atoms with Gasteiger partial charge in [0.1, 0.15) is 12.3 Å². The number of hydrogen-bond donors (Lipinski definition) is 1. The molecular weight excluding hydrogens is 372 g/mol. The Kier molecular flexibility index (Phi) is 4.75. The third kappa shape index (κ3) is 3.69. The number of aromatic hydroxyl groups is 1. The number of amides is 2. The zero-order valence-corrected chi connectivity index (χ0v) is 16.1. The number of anilines is 1. The lowest BCUT2D eigenvalue weighted by atomic mass is 10.1. The van der Waals surface area contributed by atoms with Crippen LogP contribution in [0.3, 0.4) is 0 Å². The molecule has 1 N–H and O–H groups in total. The van der Waals surface area contributed by atoms with Crippen LogP contribution in [0.2, 0.25) is 0 Å². The molecule has 148 valence electrons. The average molecular weight is 392 g/mol. The van der Waals surface area contributed by atoms with Crippen molar-refractivity contribution in [2.45, 2.75) is 26.9 Å². The first-order chi connectivity index (χ1) is 13.9. The molecule has 0 atom stereocenters. The van der Waals surface area contributed by atoms with Crippen LogP contribution in [0.25, 0.3) is 0 Å². The van der Waals surface area contributed by atoms with Gasteiger partial charge in [0.15, 0.2) is 0 Å². The van der Waals surface area contributed by atoms with Crippen LogP contribution in [0.5, 0.6) is 5.75 Å². The molecule has 0 aliphatic carbocycles. The molecule has 8 heteroatoms. The fraction of sp³-hybridized carbons (Fsp3) is 0.238. The third-order valence-corrected chi connectivity index (χ3v) is 4.87. The maximum absolute atomic E-state index is 13.3. The molecule has 0 bridgehead atoms. The summed E-state index contributed by atoms with van der Waals surface area (Å²) in [7, 11) is 0. The van der Waals surface area contributed by atoms with Gasteiger partial charge in [-0.05, 0) is 42.3 Å². The van der Waals surface area contributed by atoms with Crippen LogP contribution in [0.4, 0.5) is 5.69 Å². The van der Waals surface area contributed by atoms with Crippen molar-refractivity contribution in [1.82, 2.24) is 15.1 Å². The van der Waals surface area contributed by atoms with Gasteiger partial charge in [0.2, 0.25) is 17.7 Å². The minimum Gasteiger partial charge on any atom is -0.508 e. The van der Waals surface area contributed by atoms with Gasteiger partial charge in [-0.3, -0.25) is 14.5 Å². The van der Waals surface area contributed by atoms with Gasteiger partial charge in [-0.15, -0.1) is 10.2 Å². The summed E-state index contributed by atoms with van der Waals surface area (Å²) in [6.07, 6.45) is 0. The topological polar surface area (TPSA) is 99.8 Å². The number of phenolic OH excluding ortho intramolecular Hbond substituents is 1. The molecule has 4 rings (SSSR count). The van der Waals surface area contributed by atoms with E-state index in [0.717, 1.165) is 5.56 Å². The molecule has 0 fully saturated rings. The summed E-state index contributed by atoms with van der Waals surface area (Å²) >= 11 is 0. The molecule has 1 aromatic heterocycles. The summed E-state index contributed by atoms with van der Waals surface area (Å²) < 4.78 is 5.41. The first-order valence-corrected chi connectivity index (χ1v) is 9.18. The number of fused-ring (bicyclic) bond motifs is 1. The smallest absolute Gasteiger partial charge is 0.259 e. The Bertz CT molecular complexity index is 1090. The van der Waals surface area contributed by atoms with E-state index < -0.39 is 0 Å². The molecule has 3 aromatic rings. The zero-order chi connectivity index (χ0) is 20.5. The lowest BCUT2D eigenvalue weighted by molar-refractivity contribution is -0.131. The van der Waals surface area contributed by atoms with Gasteiger partial charge >= 0.3 is 0 Å². The molecule has 0 radical (unpaired) electrons. The summed E-state index contributed by atoms with van der Waals surface area (Å²) in [6, 6.07) is 12.0. The lowest BCUT2D eigenvalue weighted by Crippen LogP contribution is -2.40. The van der Waals surface area contributed by atoms with Crippen molar-refractivity contribution in [1.29, 1.82) is 0 Å². The van der Waals surface area contributed by atoms with Gasteiger partial charge < -0.3 is 14.4 Å². The number of carbonyl (C=O) groups excluding carboxylic acids is 2. The number of aryl methyl sites for hydroxylation is 2. The van der Waals surface area contributed by atoms with Crippen molar-refractivity contribution in [2.24, 2.45) is 0 Å². The first kappa shape index (κ1) is 18.7. The van der Waals surface area contributed by atoms with Crippen LogP contribution < -0.4 is 4.90 Å². The number of carbonyl (C=O) groups is 2. The summed E-state index contributed by atoms with van der Waals surface area (Å²) in [5, 5.41) is 17.4. The molecule has 0 saturated carbocycles. The van der Waals surface area contributed by atoms with Crippen molar-refractivity contribution in [2.75, 3.05) is 11.4 Å². The van der Waals surface area contributed by atoms with Gasteiger partial charge in [0.05, 0.1) is 6.54 Å². The maximum atomic E-state index is 13.3. The Labute approximate surface area is 167 Å². The Morgan fingerprint density at radius 3 is 2.66 bits per heavy atom. The molecular formula is C21H20N4O4. The fourth-order valence-electron chi connectivity index (χ4n) is 3.45. The van der Waals surface area contributed by atoms with Gasteiger partial charge in [-0.1, -0.05) is 18.2 Å². The quantitative estimate of drug-likeness (QED) is 0.735. The number of hydrogen-bond acceptors (Lipinski definition) is 6. The van der Waals surface area contributed by atoms with E-state index in [1.165, 1.54) is 17.0 Å². The number of nitrogens with zero attached hydrogens (tertiary/aromatic N) is 4. The summed E-state index contributed by atoms with van der Waals surface area (Å²) in [6.45, 7) is 3.84. The zero-order valence-electron chi connectivity index (χ0n) is 16.1. The molecule has 1 aliphatic rings. The van der Waals surface area contributed by atoms with Crippen LogP contribution in [0.1, 0.15) is 33.3 Å². The van der Waals surface area contributed by atoms with E-state index in [2.05, 4.69) is 10.2 Å². The molecule has 1 aliphatic heterocycles. The fourth-order valence-corrected chi connectivity index (χ4v) is 3.45. The van der Waals surface area contributed by atoms with E-state index in [4.69, 9.17) is 4.42 Å². The van der Waals surface area contributed by atoms with Crippen molar-refractivity contribution in [3.63, 3.8) is 0 Å². The van der Waals surface area contributed by atoms with Gasteiger partial charge in [0.25, 0.3) is 5.91 Å². The SMILES string of the molecule is Cc1nnc(CN2Cc3ccccc3N(C(=O)c3ccc(O)cc3C)CC2=O)o1. The molecule has 2 amide bonds.